The minimum absolute atomic E-state index is 0.0359. The first-order valence-electron chi connectivity index (χ1n) is 5.41. The Morgan fingerprint density at radius 3 is 2.94 bits per heavy atom. The summed E-state index contributed by atoms with van der Waals surface area (Å²) in [4.78, 5) is 11.8. The number of carbonyl (C=O) groups is 1. The number of benzene rings is 1. The molecule has 1 aliphatic rings. The summed E-state index contributed by atoms with van der Waals surface area (Å²) < 4.78 is 0.999. The van der Waals surface area contributed by atoms with Crippen LogP contribution in [0.5, 0.6) is 0 Å². The Hall–Kier alpha value is -0.870. The van der Waals surface area contributed by atoms with Crippen LogP contribution >= 0.6 is 15.9 Å². The van der Waals surface area contributed by atoms with E-state index in [4.69, 9.17) is 0 Å². The van der Waals surface area contributed by atoms with E-state index in [1.54, 1.807) is 0 Å². The maximum absolute atomic E-state index is 11.8. The van der Waals surface area contributed by atoms with Gasteiger partial charge in [-0.25, -0.2) is 0 Å². The topological polar surface area (TPSA) is 41.1 Å². The van der Waals surface area contributed by atoms with E-state index in [1.165, 1.54) is 0 Å². The molecule has 3 nitrogen and oxygen atoms in total. The summed E-state index contributed by atoms with van der Waals surface area (Å²) in [6.07, 6.45) is 0. The van der Waals surface area contributed by atoms with Crippen LogP contribution in [0.1, 0.15) is 25.5 Å². The van der Waals surface area contributed by atoms with E-state index in [9.17, 15) is 4.79 Å². The molecule has 1 aromatic carbocycles. The zero-order valence-electron chi connectivity index (χ0n) is 9.38. The SMILES string of the molecule is CC(C)CNC1C(=O)Nc2ccc(Br)cc21. The summed E-state index contributed by atoms with van der Waals surface area (Å²) in [6.45, 7) is 5.09. The Balaban J connectivity index is 2.21. The first-order valence-corrected chi connectivity index (χ1v) is 6.21. The van der Waals surface area contributed by atoms with Crippen molar-refractivity contribution in [1.29, 1.82) is 0 Å². The molecule has 2 rings (SSSR count). The lowest BCUT2D eigenvalue weighted by atomic mass is 10.1. The Morgan fingerprint density at radius 2 is 2.25 bits per heavy atom. The molecule has 1 unspecified atom stereocenters. The molecule has 0 radical (unpaired) electrons. The van der Waals surface area contributed by atoms with Gasteiger partial charge in [-0.05, 0) is 30.7 Å². The van der Waals surface area contributed by atoms with Crippen molar-refractivity contribution in [3.05, 3.63) is 28.2 Å². The van der Waals surface area contributed by atoms with E-state index in [0.717, 1.165) is 22.3 Å². The molecule has 1 aliphatic heterocycles. The van der Waals surface area contributed by atoms with Crippen LogP contribution in [0.4, 0.5) is 5.69 Å². The van der Waals surface area contributed by atoms with Crippen LogP contribution in [-0.4, -0.2) is 12.5 Å². The molecule has 0 saturated carbocycles. The van der Waals surface area contributed by atoms with Crippen molar-refractivity contribution < 1.29 is 4.79 Å². The van der Waals surface area contributed by atoms with Crippen LogP contribution in [0.25, 0.3) is 0 Å². The molecule has 2 N–H and O–H groups in total. The summed E-state index contributed by atoms with van der Waals surface area (Å²) in [7, 11) is 0. The van der Waals surface area contributed by atoms with Gasteiger partial charge >= 0.3 is 0 Å². The number of hydrogen-bond acceptors (Lipinski definition) is 2. The fraction of sp³-hybridized carbons (Fsp3) is 0.417. The third-order valence-corrected chi connectivity index (χ3v) is 3.07. The highest BCUT2D eigenvalue weighted by Gasteiger charge is 2.29. The number of halogens is 1. The molecular weight excluding hydrogens is 268 g/mol. The lowest BCUT2D eigenvalue weighted by Gasteiger charge is -2.13. The molecule has 0 spiro atoms. The van der Waals surface area contributed by atoms with E-state index in [0.29, 0.717) is 5.92 Å². The lowest BCUT2D eigenvalue weighted by Crippen LogP contribution is -2.30. The van der Waals surface area contributed by atoms with E-state index < -0.39 is 0 Å². The van der Waals surface area contributed by atoms with Gasteiger partial charge in [0.05, 0.1) is 0 Å². The molecule has 0 fully saturated rings. The van der Waals surface area contributed by atoms with Gasteiger partial charge in [-0.2, -0.15) is 0 Å². The third kappa shape index (κ3) is 2.28. The van der Waals surface area contributed by atoms with E-state index in [1.807, 2.05) is 18.2 Å². The van der Waals surface area contributed by atoms with Crippen molar-refractivity contribution >= 4 is 27.5 Å². The van der Waals surface area contributed by atoms with E-state index in [-0.39, 0.29) is 11.9 Å². The van der Waals surface area contributed by atoms with Gasteiger partial charge < -0.3 is 10.6 Å². The standard InChI is InChI=1S/C12H15BrN2O/c1-7(2)6-14-11-9-5-8(13)3-4-10(9)15-12(11)16/h3-5,7,11,14H,6H2,1-2H3,(H,15,16). The Kier molecular flexibility index (Phi) is 3.30. The zero-order chi connectivity index (χ0) is 11.7. The fourth-order valence-electron chi connectivity index (χ4n) is 1.79. The summed E-state index contributed by atoms with van der Waals surface area (Å²) >= 11 is 3.43. The predicted octanol–water partition coefficient (Wildman–Crippen LogP) is 2.69. The van der Waals surface area contributed by atoms with Gasteiger partial charge in [-0.1, -0.05) is 29.8 Å². The number of nitrogens with one attached hydrogen (secondary N) is 2. The maximum Gasteiger partial charge on any atom is 0.246 e. The zero-order valence-corrected chi connectivity index (χ0v) is 11.0. The third-order valence-electron chi connectivity index (χ3n) is 2.57. The van der Waals surface area contributed by atoms with Crippen molar-refractivity contribution in [3.63, 3.8) is 0 Å². The van der Waals surface area contributed by atoms with Gasteiger partial charge in [0.2, 0.25) is 5.91 Å². The van der Waals surface area contributed by atoms with Crippen molar-refractivity contribution in [3.8, 4) is 0 Å². The van der Waals surface area contributed by atoms with Gasteiger partial charge in [-0.3, -0.25) is 4.79 Å². The van der Waals surface area contributed by atoms with Crippen LogP contribution in [0.15, 0.2) is 22.7 Å². The molecule has 1 atom stereocenters. The molecule has 1 aromatic rings. The normalized spacial score (nSPS) is 18.8. The van der Waals surface area contributed by atoms with Gasteiger partial charge in [0.15, 0.2) is 0 Å². The predicted molar refractivity (Wildman–Crippen MR) is 68.4 cm³/mol. The second-order valence-electron chi connectivity index (χ2n) is 4.46. The number of fused-ring (bicyclic) bond motifs is 1. The monoisotopic (exact) mass is 282 g/mol. The molecule has 1 amide bonds. The molecule has 86 valence electrons. The van der Waals surface area contributed by atoms with Gasteiger partial charge in [0.25, 0.3) is 0 Å². The smallest absolute Gasteiger partial charge is 0.246 e. The number of anilines is 1. The number of rotatable bonds is 3. The molecule has 0 aromatic heterocycles. The van der Waals surface area contributed by atoms with E-state index >= 15 is 0 Å². The summed E-state index contributed by atoms with van der Waals surface area (Å²) in [6, 6.07) is 5.64. The summed E-state index contributed by atoms with van der Waals surface area (Å²) in [5.74, 6) is 0.567. The molecule has 0 saturated heterocycles. The maximum atomic E-state index is 11.8. The minimum Gasteiger partial charge on any atom is -0.324 e. The largest absolute Gasteiger partial charge is 0.324 e. The van der Waals surface area contributed by atoms with Crippen LogP contribution < -0.4 is 10.6 Å². The van der Waals surface area contributed by atoms with Gasteiger partial charge in [0, 0.05) is 15.7 Å². The molecule has 0 bridgehead atoms. The van der Waals surface area contributed by atoms with Crippen molar-refractivity contribution in [2.75, 3.05) is 11.9 Å². The lowest BCUT2D eigenvalue weighted by molar-refractivity contribution is -0.117. The molecule has 1 heterocycles. The highest BCUT2D eigenvalue weighted by Crippen LogP contribution is 2.32. The van der Waals surface area contributed by atoms with Crippen LogP contribution in [0, 0.1) is 5.92 Å². The highest BCUT2D eigenvalue weighted by atomic mass is 79.9. The quantitative estimate of drug-likeness (QED) is 0.895. The molecule has 0 aliphatic carbocycles. The second kappa shape index (κ2) is 4.55. The van der Waals surface area contributed by atoms with Crippen LogP contribution in [0.3, 0.4) is 0 Å². The fourth-order valence-corrected chi connectivity index (χ4v) is 2.17. The van der Waals surface area contributed by atoms with Gasteiger partial charge in [0.1, 0.15) is 6.04 Å². The van der Waals surface area contributed by atoms with Gasteiger partial charge in [-0.15, -0.1) is 0 Å². The summed E-state index contributed by atoms with van der Waals surface area (Å²) in [5, 5.41) is 6.16. The Bertz CT molecular complexity index is 417. The van der Waals surface area contributed by atoms with Crippen LogP contribution in [0.2, 0.25) is 0 Å². The number of hydrogen-bond donors (Lipinski definition) is 2. The molecular formula is C12H15BrN2O. The summed E-state index contributed by atoms with van der Waals surface area (Å²) in [5.41, 5.74) is 1.94. The average molecular weight is 283 g/mol. The first-order chi connectivity index (χ1) is 7.58. The molecule has 4 heteroatoms. The minimum atomic E-state index is -0.213. The van der Waals surface area contributed by atoms with Crippen molar-refractivity contribution in [2.24, 2.45) is 5.92 Å². The first kappa shape index (κ1) is 11.6. The number of carbonyl (C=O) groups excluding carboxylic acids is 1. The highest BCUT2D eigenvalue weighted by molar-refractivity contribution is 9.10. The Labute approximate surface area is 104 Å². The number of amides is 1. The Morgan fingerprint density at radius 1 is 1.50 bits per heavy atom. The second-order valence-corrected chi connectivity index (χ2v) is 5.37. The van der Waals surface area contributed by atoms with E-state index in [2.05, 4.69) is 40.4 Å². The van der Waals surface area contributed by atoms with Crippen LogP contribution in [-0.2, 0) is 4.79 Å². The average Bonchev–Trinajstić information content (AvgIpc) is 2.51. The van der Waals surface area contributed by atoms with Crippen molar-refractivity contribution in [2.45, 2.75) is 19.9 Å². The van der Waals surface area contributed by atoms with Crippen molar-refractivity contribution in [1.82, 2.24) is 5.32 Å². The molecule has 16 heavy (non-hydrogen) atoms.